The smallest absolute Gasteiger partial charge is 0.258 e. The zero-order chi connectivity index (χ0) is 12.3. The number of carbonyl (C=O) groups is 2. The summed E-state index contributed by atoms with van der Waals surface area (Å²) in [5, 5.41) is 2.70. The number of carbonyl (C=O) groups excluding carboxylic acids is 2. The number of Topliss-reactive ketones (excluding diaryl/α,β-unsaturated/α-hetero) is 1. The van der Waals surface area contributed by atoms with Crippen LogP contribution in [0.2, 0.25) is 0 Å². The lowest BCUT2D eigenvalue weighted by molar-refractivity contribution is 0.101. The molecule has 1 N–H and O–H groups in total. The lowest BCUT2D eigenvalue weighted by Gasteiger charge is -2.03. The van der Waals surface area contributed by atoms with Crippen molar-refractivity contribution in [1.82, 2.24) is 0 Å². The van der Waals surface area contributed by atoms with Crippen molar-refractivity contribution < 1.29 is 14.0 Å². The Morgan fingerprint density at radius 3 is 2.29 bits per heavy atom. The zero-order valence-electron chi connectivity index (χ0n) is 9.27. The van der Waals surface area contributed by atoms with E-state index in [1.54, 1.807) is 30.3 Å². The average Bonchev–Trinajstić information content (AvgIpc) is 2.83. The Morgan fingerprint density at radius 2 is 1.76 bits per heavy atom. The number of hydrogen-bond donors (Lipinski definition) is 1. The highest BCUT2D eigenvalue weighted by Gasteiger charge is 2.07. The maximum atomic E-state index is 11.7. The molecule has 1 heterocycles. The van der Waals surface area contributed by atoms with Crippen molar-refractivity contribution in [3.05, 3.63) is 54.0 Å². The molecule has 0 atom stereocenters. The van der Waals surface area contributed by atoms with Gasteiger partial charge < -0.3 is 9.73 Å². The first kappa shape index (κ1) is 11.1. The van der Waals surface area contributed by atoms with Gasteiger partial charge in [-0.25, -0.2) is 0 Å². The van der Waals surface area contributed by atoms with Crippen LogP contribution >= 0.6 is 0 Å². The van der Waals surface area contributed by atoms with Crippen molar-refractivity contribution in [3.8, 4) is 0 Å². The second kappa shape index (κ2) is 4.65. The molecule has 17 heavy (non-hydrogen) atoms. The van der Waals surface area contributed by atoms with Crippen molar-refractivity contribution in [3.63, 3.8) is 0 Å². The molecule has 0 aliphatic heterocycles. The summed E-state index contributed by atoms with van der Waals surface area (Å²) < 4.78 is 4.82. The third-order valence-electron chi connectivity index (χ3n) is 2.33. The molecule has 1 aromatic carbocycles. The predicted molar refractivity (Wildman–Crippen MR) is 63.1 cm³/mol. The second-order valence-corrected chi connectivity index (χ2v) is 3.60. The van der Waals surface area contributed by atoms with Crippen LogP contribution in [0.3, 0.4) is 0 Å². The first-order valence-electron chi connectivity index (χ1n) is 5.11. The van der Waals surface area contributed by atoms with E-state index in [4.69, 9.17) is 4.42 Å². The van der Waals surface area contributed by atoms with Gasteiger partial charge in [0.2, 0.25) is 0 Å². The first-order valence-corrected chi connectivity index (χ1v) is 5.11. The van der Waals surface area contributed by atoms with Crippen molar-refractivity contribution >= 4 is 17.4 Å². The molecule has 2 rings (SSSR count). The number of anilines is 1. The van der Waals surface area contributed by atoms with Gasteiger partial charge in [0, 0.05) is 11.3 Å². The summed E-state index contributed by atoms with van der Waals surface area (Å²) in [6.45, 7) is 1.50. The van der Waals surface area contributed by atoms with Gasteiger partial charge in [-0.3, -0.25) is 9.59 Å². The number of ketones is 1. The fraction of sp³-hybridized carbons (Fsp3) is 0.0769. The number of hydrogen-bond acceptors (Lipinski definition) is 3. The minimum absolute atomic E-state index is 0.00212. The summed E-state index contributed by atoms with van der Waals surface area (Å²) in [6.07, 6.45) is 2.81. The molecule has 4 nitrogen and oxygen atoms in total. The van der Waals surface area contributed by atoms with Crippen LogP contribution in [0.1, 0.15) is 27.6 Å². The van der Waals surface area contributed by atoms with Crippen LogP contribution < -0.4 is 5.32 Å². The predicted octanol–water partition coefficient (Wildman–Crippen LogP) is 2.73. The van der Waals surface area contributed by atoms with Crippen molar-refractivity contribution in [1.29, 1.82) is 0 Å². The van der Waals surface area contributed by atoms with E-state index < -0.39 is 0 Å². The van der Waals surface area contributed by atoms with Crippen LogP contribution in [0, 0.1) is 0 Å². The molecule has 0 aliphatic carbocycles. The number of furan rings is 1. The van der Waals surface area contributed by atoms with Crippen molar-refractivity contribution in [2.75, 3.05) is 5.32 Å². The fourth-order valence-electron chi connectivity index (χ4n) is 1.39. The first-order chi connectivity index (χ1) is 8.16. The quantitative estimate of drug-likeness (QED) is 0.823. The molecule has 0 unspecified atom stereocenters. The normalized spacial score (nSPS) is 9.94. The van der Waals surface area contributed by atoms with Gasteiger partial charge in [-0.1, -0.05) is 0 Å². The summed E-state index contributed by atoms with van der Waals surface area (Å²) in [7, 11) is 0. The van der Waals surface area contributed by atoms with Gasteiger partial charge in [-0.2, -0.15) is 0 Å². The summed E-state index contributed by atoms with van der Waals surface area (Å²) in [4.78, 5) is 22.7. The van der Waals surface area contributed by atoms with E-state index in [1.807, 2.05) is 0 Å². The zero-order valence-corrected chi connectivity index (χ0v) is 9.27. The minimum Gasteiger partial charge on any atom is -0.472 e. The van der Waals surface area contributed by atoms with Crippen LogP contribution in [-0.2, 0) is 0 Å². The monoisotopic (exact) mass is 229 g/mol. The van der Waals surface area contributed by atoms with Gasteiger partial charge in [0.15, 0.2) is 5.78 Å². The molecule has 1 amide bonds. The van der Waals surface area contributed by atoms with Gasteiger partial charge in [-0.05, 0) is 37.3 Å². The standard InChI is InChI=1S/C13H11NO3/c1-9(15)10-2-4-12(5-3-10)14-13(16)11-6-7-17-8-11/h2-8H,1H3,(H,14,16). The van der Waals surface area contributed by atoms with Crippen LogP contribution in [0.25, 0.3) is 0 Å². The van der Waals surface area contributed by atoms with E-state index in [9.17, 15) is 9.59 Å². The lowest BCUT2D eigenvalue weighted by atomic mass is 10.1. The molecule has 4 heteroatoms. The Morgan fingerprint density at radius 1 is 1.06 bits per heavy atom. The molecule has 0 saturated carbocycles. The Labute approximate surface area is 98.3 Å². The highest BCUT2D eigenvalue weighted by Crippen LogP contribution is 2.12. The Bertz CT molecular complexity index is 526. The molecular formula is C13H11NO3. The molecule has 0 aliphatic rings. The number of amides is 1. The summed E-state index contributed by atoms with van der Waals surface area (Å²) in [5.41, 5.74) is 1.72. The van der Waals surface area contributed by atoms with Gasteiger partial charge >= 0.3 is 0 Å². The highest BCUT2D eigenvalue weighted by atomic mass is 16.3. The van der Waals surface area contributed by atoms with E-state index in [1.165, 1.54) is 19.5 Å². The highest BCUT2D eigenvalue weighted by molar-refractivity contribution is 6.04. The third kappa shape index (κ3) is 2.60. The largest absolute Gasteiger partial charge is 0.472 e. The summed E-state index contributed by atoms with van der Waals surface area (Å²) in [5.74, 6) is -0.243. The minimum atomic E-state index is -0.241. The third-order valence-corrected chi connectivity index (χ3v) is 2.33. The van der Waals surface area contributed by atoms with Gasteiger partial charge in [0.1, 0.15) is 6.26 Å². The van der Waals surface area contributed by atoms with Crippen molar-refractivity contribution in [2.24, 2.45) is 0 Å². The van der Waals surface area contributed by atoms with Crippen LogP contribution in [-0.4, -0.2) is 11.7 Å². The Balaban J connectivity index is 2.09. The Kier molecular flexibility index (Phi) is 3.05. The Hall–Kier alpha value is -2.36. The average molecular weight is 229 g/mol. The second-order valence-electron chi connectivity index (χ2n) is 3.60. The lowest BCUT2D eigenvalue weighted by Crippen LogP contribution is -2.10. The van der Waals surface area contributed by atoms with Gasteiger partial charge in [-0.15, -0.1) is 0 Å². The molecule has 0 saturated heterocycles. The molecule has 0 radical (unpaired) electrons. The molecule has 2 aromatic rings. The molecule has 1 aromatic heterocycles. The van der Waals surface area contributed by atoms with Crippen LogP contribution in [0.15, 0.2) is 47.3 Å². The number of rotatable bonds is 3. The molecule has 0 spiro atoms. The van der Waals surface area contributed by atoms with E-state index in [0.29, 0.717) is 16.8 Å². The van der Waals surface area contributed by atoms with Gasteiger partial charge in [0.25, 0.3) is 5.91 Å². The van der Waals surface area contributed by atoms with Crippen LogP contribution in [0.4, 0.5) is 5.69 Å². The molecule has 86 valence electrons. The maximum Gasteiger partial charge on any atom is 0.258 e. The maximum absolute atomic E-state index is 11.7. The van der Waals surface area contributed by atoms with E-state index >= 15 is 0 Å². The van der Waals surface area contributed by atoms with Crippen LogP contribution in [0.5, 0.6) is 0 Å². The van der Waals surface area contributed by atoms with E-state index in [2.05, 4.69) is 5.32 Å². The fourth-order valence-corrected chi connectivity index (χ4v) is 1.39. The SMILES string of the molecule is CC(=O)c1ccc(NC(=O)c2ccoc2)cc1. The number of nitrogens with one attached hydrogen (secondary N) is 1. The van der Waals surface area contributed by atoms with Gasteiger partial charge in [0.05, 0.1) is 11.8 Å². The molecule has 0 fully saturated rings. The molecular weight excluding hydrogens is 218 g/mol. The summed E-state index contributed by atoms with van der Waals surface area (Å²) in [6, 6.07) is 8.31. The molecule has 0 bridgehead atoms. The topological polar surface area (TPSA) is 59.3 Å². The van der Waals surface area contributed by atoms with E-state index in [-0.39, 0.29) is 11.7 Å². The summed E-state index contributed by atoms with van der Waals surface area (Å²) >= 11 is 0. The number of benzene rings is 1. The van der Waals surface area contributed by atoms with E-state index in [0.717, 1.165) is 0 Å². The van der Waals surface area contributed by atoms with Crippen molar-refractivity contribution in [2.45, 2.75) is 6.92 Å².